The predicted octanol–water partition coefficient (Wildman–Crippen LogP) is 4.54. The summed E-state index contributed by atoms with van der Waals surface area (Å²) in [6.07, 6.45) is 1.39. The van der Waals surface area contributed by atoms with Crippen LogP contribution < -0.4 is 10.2 Å². The zero-order valence-electron chi connectivity index (χ0n) is 17.6. The van der Waals surface area contributed by atoms with Crippen LogP contribution in [-0.2, 0) is 0 Å². The van der Waals surface area contributed by atoms with Gasteiger partial charge in [-0.2, -0.15) is 5.10 Å². The molecule has 164 valence electrons. The summed E-state index contributed by atoms with van der Waals surface area (Å²) in [4.78, 5) is 25.1. The highest BCUT2D eigenvalue weighted by Crippen LogP contribution is 2.28. The lowest BCUT2D eigenvalue weighted by molar-refractivity contribution is 0.0734. The molecular formula is C26H20N2O5. The van der Waals surface area contributed by atoms with Gasteiger partial charge in [0.05, 0.1) is 17.3 Å². The first kappa shape index (κ1) is 21.6. The van der Waals surface area contributed by atoms with Crippen LogP contribution in [0.25, 0.3) is 10.8 Å². The van der Waals surface area contributed by atoms with E-state index in [1.165, 1.54) is 18.3 Å². The lowest BCUT2D eigenvalue weighted by Crippen LogP contribution is -2.18. The van der Waals surface area contributed by atoms with Crippen LogP contribution in [0.5, 0.6) is 17.2 Å². The molecule has 0 aliphatic heterocycles. The second kappa shape index (κ2) is 9.23. The van der Waals surface area contributed by atoms with Gasteiger partial charge in [0.1, 0.15) is 17.2 Å². The molecule has 0 radical (unpaired) electrons. The molecule has 0 atom stereocenters. The van der Waals surface area contributed by atoms with E-state index in [0.717, 1.165) is 22.4 Å². The van der Waals surface area contributed by atoms with Crippen molar-refractivity contribution in [2.75, 3.05) is 0 Å². The van der Waals surface area contributed by atoms with E-state index in [4.69, 9.17) is 4.74 Å². The van der Waals surface area contributed by atoms with Gasteiger partial charge in [-0.3, -0.25) is 4.79 Å². The monoisotopic (exact) mass is 440 g/mol. The van der Waals surface area contributed by atoms with Crippen molar-refractivity contribution in [1.82, 2.24) is 5.43 Å². The highest BCUT2D eigenvalue weighted by molar-refractivity contribution is 6.04. The first-order valence-electron chi connectivity index (χ1n) is 10.1. The average Bonchev–Trinajstić information content (AvgIpc) is 2.80. The van der Waals surface area contributed by atoms with Crippen molar-refractivity contribution >= 4 is 28.9 Å². The number of nitrogens with zero attached hydrogens (tertiary/aromatic N) is 1. The van der Waals surface area contributed by atoms with Gasteiger partial charge in [0.15, 0.2) is 0 Å². The zero-order chi connectivity index (χ0) is 23.4. The molecule has 1 amide bonds. The number of nitrogens with one attached hydrogen (secondary N) is 1. The van der Waals surface area contributed by atoms with E-state index in [0.29, 0.717) is 11.1 Å². The number of fused-ring (bicyclic) bond motifs is 1. The summed E-state index contributed by atoms with van der Waals surface area (Å²) in [5.41, 5.74) is 4.15. The van der Waals surface area contributed by atoms with Crippen molar-refractivity contribution < 1.29 is 24.5 Å². The first-order chi connectivity index (χ1) is 15.9. The van der Waals surface area contributed by atoms with Gasteiger partial charge in [-0.15, -0.1) is 0 Å². The van der Waals surface area contributed by atoms with Gasteiger partial charge in [0.25, 0.3) is 5.91 Å². The van der Waals surface area contributed by atoms with Gasteiger partial charge < -0.3 is 14.9 Å². The molecule has 7 nitrogen and oxygen atoms in total. The lowest BCUT2D eigenvalue weighted by atomic mass is 10.0. The Morgan fingerprint density at radius 1 is 0.939 bits per heavy atom. The van der Waals surface area contributed by atoms with Crippen molar-refractivity contribution in [3.05, 3.63) is 101 Å². The Hall–Kier alpha value is -4.65. The van der Waals surface area contributed by atoms with Gasteiger partial charge in [-0.1, -0.05) is 48.0 Å². The number of amides is 1. The van der Waals surface area contributed by atoms with Gasteiger partial charge in [0.2, 0.25) is 0 Å². The fourth-order valence-electron chi connectivity index (χ4n) is 3.36. The van der Waals surface area contributed by atoms with Crippen molar-refractivity contribution in [2.45, 2.75) is 6.92 Å². The summed E-state index contributed by atoms with van der Waals surface area (Å²) in [6, 6.07) is 21.7. The number of esters is 1. The Balaban J connectivity index is 1.63. The lowest BCUT2D eigenvalue weighted by Gasteiger charge is -2.11. The smallest absolute Gasteiger partial charge is 0.343 e. The molecule has 0 bridgehead atoms. The fraction of sp³-hybridized carbons (Fsp3) is 0.0385. The molecule has 7 heteroatoms. The normalized spacial score (nSPS) is 10.9. The molecule has 33 heavy (non-hydrogen) atoms. The van der Waals surface area contributed by atoms with E-state index in [1.54, 1.807) is 24.3 Å². The number of phenols is 2. The van der Waals surface area contributed by atoms with Crippen LogP contribution in [0.3, 0.4) is 0 Å². The van der Waals surface area contributed by atoms with Crippen molar-refractivity contribution in [1.29, 1.82) is 0 Å². The Bertz CT molecular complexity index is 1390. The molecule has 0 saturated heterocycles. The summed E-state index contributed by atoms with van der Waals surface area (Å²) < 4.78 is 5.66. The zero-order valence-corrected chi connectivity index (χ0v) is 17.6. The quantitative estimate of drug-likeness (QED) is 0.183. The molecule has 4 aromatic carbocycles. The molecule has 0 heterocycles. The highest BCUT2D eigenvalue weighted by atomic mass is 16.5. The van der Waals surface area contributed by atoms with Gasteiger partial charge >= 0.3 is 5.97 Å². The molecule has 0 aromatic heterocycles. The molecule has 0 spiro atoms. The minimum Gasteiger partial charge on any atom is -0.508 e. The number of benzene rings is 4. The molecule has 4 aromatic rings. The van der Waals surface area contributed by atoms with E-state index >= 15 is 0 Å². The van der Waals surface area contributed by atoms with Crippen LogP contribution in [0.1, 0.15) is 31.8 Å². The number of hydrazone groups is 1. The number of ether oxygens (including phenoxy) is 1. The van der Waals surface area contributed by atoms with E-state index in [2.05, 4.69) is 10.5 Å². The first-order valence-corrected chi connectivity index (χ1v) is 10.1. The third-order valence-electron chi connectivity index (χ3n) is 4.97. The van der Waals surface area contributed by atoms with Gasteiger partial charge in [0, 0.05) is 11.6 Å². The molecule has 3 N–H and O–H groups in total. The predicted molar refractivity (Wildman–Crippen MR) is 125 cm³/mol. The largest absolute Gasteiger partial charge is 0.508 e. The van der Waals surface area contributed by atoms with Crippen LogP contribution in [0.15, 0.2) is 84.0 Å². The molecule has 0 fully saturated rings. The standard InChI is InChI=1S/C26H20N2O5/c1-16-5-4-7-18(13-16)26(32)33-24-12-9-17-6-2-3-8-20(17)22(24)15-27-28-25(31)21-11-10-19(29)14-23(21)30/h2-15,29-30H,1H3,(H,28,31)/b27-15+. The minimum atomic E-state index is -0.665. The molecule has 0 saturated carbocycles. The molecular weight excluding hydrogens is 420 g/mol. The number of rotatable bonds is 5. The second-order valence-corrected chi connectivity index (χ2v) is 7.36. The number of aromatic hydroxyl groups is 2. The average molecular weight is 440 g/mol. The summed E-state index contributed by atoms with van der Waals surface area (Å²) in [5, 5.41) is 24.9. The topological polar surface area (TPSA) is 108 Å². The Kier molecular flexibility index (Phi) is 6.04. The Morgan fingerprint density at radius 3 is 2.55 bits per heavy atom. The van der Waals surface area contributed by atoms with E-state index in [1.807, 2.05) is 43.3 Å². The van der Waals surface area contributed by atoms with Crippen LogP contribution in [-0.4, -0.2) is 28.3 Å². The second-order valence-electron chi connectivity index (χ2n) is 7.36. The van der Waals surface area contributed by atoms with Crippen molar-refractivity contribution in [3.8, 4) is 17.2 Å². The number of carbonyl (C=O) groups excluding carboxylic acids is 2. The number of hydrogen-bond acceptors (Lipinski definition) is 6. The third kappa shape index (κ3) is 4.83. The van der Waals surface area contributed by atoms with E-state index in [9.17, 15) is 19.8 Å². The van der Waals surface area contributed by atoms with E-state index < -0.39 is 11.9 Å². The van der Waals surface area contributed by atoms with Gasteiger partial charge in [-0.05, 0) is 48.0 Å². The summed E-state index contributed by atoms with van der Waals surface area (Å²) in [5.74, 6) is -1.43. The van der Waals surface area contributed by atoms with Crippen molar-refractivity contribution in [3.63, 3.8) is 0 Å². The fourth-order valence-corrected chi connectivity index (χ4v) is 3.36. The SMILES string of the molecule is Cc1cccc(C(=O)Oc2ccc3ccccc3c2/C=N/NC(=O)c2ccc(O)cc2O)c1. The Labute approximate surface area is 189 Å². The maximum atomic E-state index is 12.7. The summed E-state index contributed by atoms with van der Waals surface area (Å²) in [6.45, 7) is 1.89. The maximum absolute atomic E-state index is 12.7. The molecule has 0 aliphatic rings. The molecule has 4 rings (SSSR count). The van der Waals surface area contributed by atoms with Crippen LogP contribution in [0.2, 0.25) is 0 Å². The Morgan fingerprint density at radius 2 is 1.76 bits per heavy atom. The van der Waals surface area contributed by atoms with Gasteiger partial charge in [-0.25, -0.2) is 10.2 Å². The van der Waals surface area contributed by atoms with E-state index in [-0.39, 0.29) is 22.8 Å². The number of aryl methyl sites for hydroxylation is 1. The van der Waals surface area contributed by atoms with Crippen LogP contribution >= 0.6 is 0 Å². The molecule has 0 aliphatic carbocycles. The minimum absolute atomic E-state index is 0.0473. The maximum Gasteiger partial charge on any atom is 0.343 e. The highest BCUT2D eigenvalue weighted by Gasteiger charge is 2.14. The van der Waals surface area contributed by atoms with Crippen LogP contribution in [0, 0.1) is 6.92 Å². The third-order valence-corrected chi connectivity index (χ3v) is 4.97. The number of carbonyl (C=O) groups is 2. The summed E-state index contributed by atoms with van der Waals surface area (Å²) >= 11 is 0. The molecule has 0 unspecified atom stereocenters. The van der Waals surface area contributed by atoms with Crippen LogP contribution in [0.4, 0.5) is 0 Å². The van der Waals surface area contributed by atoms with Crippen molar-refractivity contribution in [2.24, 2.45) is 5.10 Å². The summed E-state index contributed by atoms with van der Waals surface area (Å²) in [7, 11) is 0. The number of hydrogen-bond donors (Lipinski definition) is 3. The number of phenolic OH excluding ortho intramolecular Hbond substituents is 2.